The Kier molecular flexibility index (Phi) is 4.99. The lowest BCUT2D eigenvalue weighted by molar-refractivity contribution is 0.319. The summed E-state index contributed by atoms with van der Waals surface area (Å²) in [7, 11) is 0. The smallest absolute Gasteiger partial charge is 0.238 e. The number of nitrogens with zero attached hydrogens (tertiary/aromatic N) is 5. The molecule has 2 aromatic heterocycles. The topological polar surface area (TPSA) is 57.2 Å². The summed E-state index contributed by atoms with van der Waals surface area (Å²) in [4.78, 5) is 9.67. The molecule has 0 aliphatic carbocycles. The van der Waals surface area contributed by atoms with E-state index in [4.69, 9.17) is 31.4 Å². The van der Waals surface area contributed by atoms with E-state index in [-0.39, 0.29) is 6.04 Å². The van der Waals surface area contributed by atoms with Crippen LogP contribution in [-0.2, 0) is 17.7 Å². The summed E-state index contributed by atoms with van der Waals surface area (Å²) in [6.45, 7) is 1.19. The molecule has 0 saturated carbocycles. The fourth-order valence-corrected chi connectivity index (χ4v) is 5.28. The summed E-state index contributed by atoms with van der Waals surface area (Å²) < 4.78 is 10.3. The monoisotopic (exact) mass is 491 g/mol. The summed E-state index contributed by atoms with van der Waals surface area (Å²) >= 11 is 6.49. The molecule has 2 aliphatic rings. The van der Waals surface area contributed by atoms with E-state index in [2.05, 4.69) is 45.6 Å². The fourth-order valence-electron chi connectivity index (χ4n) is 5.11. The summed E-state index contributed by atoms with van der Waals surface area (Å²) in [5.41, 5.74) is 8.38. The molecular weight excluding hydrogens is 470 g/mol. The van der Waals surface area contributed by atoms with E-state index >= 15 is 0 Å². The molecule has 0 radical (unpaired) electrons. The van der Waals surface area contributed by atoms with E-state index in [1.54, 1.807) is 0 Å². The average molecular weight is 492 g/mol. The molecule has 1 atom stereocenters. The maximum absolute atomic E-state index is 6.49. The molecule has 36 heavy (non-hydrogen) atoms. The van der Waals surface area contributed by atoms with Gasteiger partial charge in [-0.05, 0) is 29.3 Å². The molecular formula is C29H22ClN5O. The minimum absolute atomic E-state index is 0.0281. The van der Waals surface area contributed by atoms with Crippen molar-refractivity contribution < 1.29 is 4.74 Å². The van der Waals surface area contributed by atoms with Crippen molar-refractivity contribution in [2.45, 2.75) is 19.0 Å². The van der Waals surface area contributed by atoms with Gasteiger partial charge in [0.15, 0.2) is 0 Å². The van der Waals surface area contributed by atoms with Gasteiger partial charge in [0.1, 0.15) is 24.7 Å². The molecule has 0 amide bonds. The van der Waals surface area contributed by atoms with Gasteiger partial charge < -0.3 is 9.30 Å². The van der Waals surface area contributed by atoms with E-state index in [0.717, 1.165) is 39.5 Å². The van der Waals surface area contributed by atoms with E-state index in [9.17, 15) is 0 Å². The number of rotatable bonds is 4. The molecule has 7 heteroatoms. The Morgan fingerprint density at radius 3 is 2.61 bits per heavy atom. The Labute approximate surface area is 213 Å². The van der Waals surface area contributed by atoms with Crippen molar-refractivity contribution in [2.75, 3.05) is 6.61 Å². The third-order valence-corrected chi connectivity index (χ3v) is 7.06. The summed E-state index contributed by atoms with van der Waals surface area (Å²) in [6, 6.07) is 26.6. The first-order valence-electron chi connectivity index (χ1n) is 12.0. The quantitative estimate of drug-likeness (QED) is 0.310. The average Bonchev–Trinajstić information content (AvgIpc) is 3.63. The number of hydrogen-bond acceptors (Lipinski definition) is 4. The van der Waals surface area contributed by atoms with Crippen LogP contribution in [0.3, 0.4) is 0 Å². The van der Waals surface area contributed by atoms with Crippen molar-refractivity contribution in [3.05, 3.63) is 124 Å². The molecule has 0 bridgehead atoms. The van der Waals surface area contributed by atoms with E-state index in [1.165, 1.54) is 5.56 Å². The van der Waals surface area contributed by atoms with Gasteiger partial charge >= 0.3 is 0 Å². The van der Waals surface area contributed by atoms with E-state index < -0.39 is 0 Å². The molecule has 2 aliphatic heterocycles. The molecule has 176 valence electrons. The third-order valence-electron chi connectivity index (χ3n) is 6.83. The molecule has 4 heterocycles. The highest BCUT2D eigenvalue weighted by atomic mass is 35.5. The second kappa shape index (κ2) is 8.50. The summed E-state index contributed by atoms with van der Waals surface area (Å²) in [5.74, 6) is 0.591. The molecule has 0 fully saturated rings. The molecule has 0 N–H and O–H groups in total. The zero-order chi connectivity index (χ0) is 24.1. The SMILES string of the molecule is Clc1ccc2c(c1)-c1c(cnn1Cc1ccccc1)Cc1c(C3=N[C@H](c4ccccc4)CO3)ncn1-2. The van der Waals surface area contributed by atoms with Gasteiger partial charge in [0.2, 0.25) is 5.90 Å². The number of hydrogen-bond donors (Lipinski definition) is 0. The number of benzene rings is 3. The van der Waals surface area contributed by atoms with Crippen LogP contribution in [0.5, 0.6) is 0 Å². The van der Waals surface area contributed by atoms with Gasteiger partial charge in [-0.2, -0.15) is 5.10 Å². The largest absolute Gasteiger partial charge is 0.474 e. The number of aromatic nitrogens is 4. The Hall–Kier alpha value is -4.16. The van der Waals surface area contributed by atoms with Crippen molar-refractivity contribution in [1.29, 1.82) is 0 Å². The minimum atomic E-state index is -0.0281. The van der Waals surface area contributed by atoms with Gasteiger partial charge in [0.05, 0.1) is 29.8 Å². The van der Waals surface area contributed by atoms with Crippen LogP contribution in [0.4, 0.5) is 0 Å². The maximum atomic E-state index is 6.49. The second-order valence-corrected chi connectivity index (χ2v) is 9.52. The third kappa shape index (κ3) is 3.53. The van der Waals surface area contributed by atoms with Gasteiger partial charge in [-0.3, -0.25) is 4.68 Å². The standard InChI is InChI=1S/C29H22ClN5O/c30-22-11-12-25-23(14-22)28-21(15-32-35(28)16-19-7-3-1-4-8-19)13-26-27(31-18-34(25)26)29-33-24(17-36-29)20-9-5-2-6-10-20/h1-12,14-15,18,24H,13,16-17H2/t24-/m0/s1. The van der Waals surface area contributed by atoms with Gasteiger partial charge in [-0.25, -0.2) is 9.98 Å². The highest BCUT2D eigenvalue weighted by Gasteiger charge is 2.30. The van der Waals surface area contributed by atoms with Gasteiger partial charge in [-0.1, -0.05) is 72.3 Å². The van der Waals surface area contributed by atoms with Crippen LogP contribution in [0.25, 0.3) is 16.9 Å². The van der Waals surface area contributed by atoms with Crippen LogP contribution >= 0.6 is 11.6 Å². The van der Waals surface area contributed by atoms with Gasteiger partial charge in [0, 0.05) is 22.6 Å². The molecule has 3 aromatic carbocycles. The van der Waals surface area contributed by atoms with Crippen molar-refractivity contribution in [3.63, 3.8) is 0 Å². The summed E-state index contributed by atoms with van der Waals surface area (Å²) in [5, 5.41) is 5.47. The van der Waals surface area contributed by atoms with Crippen molar-refractivity contribution in [1.82, 2.24) is 19.3 Å². The zero-order valence-corrected chi connectivity index (χ0v) is 20.1. The second-order valence-electron chi connectivity index (χ2n) is 9.08. The van der Waals surface area contributed by atoms with Crippen LogP contribution < -0.4 is 0 Å². The lowest BCUT2D eigenvalue weighted by Crippen LogP contribution is -2.08. The molecule has 0 spiro atoms. The van der Waals surface area contributed by atoms with Crippen molar-refractivity contribution in [2.24, 2.45) is 4.99 Å². The molecule has 0 saturated heterocycles. The Morgan fingerprint density at radius 1 is 0.972 bits per heavy atom. The Balaban J connectivity index is 1.34. The van der Waals surface area contributed by atoms with Crippen molar-refractivity contribution >= 4 is 17.5 Å². The number of fused-ring (bicyclic) bond motifs is 5. The predicted molar refractivity (Wildman–Crippen MR) is 140 cm³/mol. The first-order chi connectivity index (χ1) is 17.7. The highest BCUT2D eigenvalue weighted by molar-refractivity contribution is 6.31. The van der Waals surface area contributed by atoms with Crippen LogP contribution in [-0.4, -0.2) is 31.8 Å². The first kappa shape index (κ1) is 21.1. The van der Waals surface area contributed by atoms with Crippen LogP contribution in [0.2, 0.25) is 5.02 Å². The van der Waals surface area contributed by atoms with Crippen LogP contribution in [0.1, 0.15) is 34.1 Å². The van der Waals surface area contributed by atoms with Gasteiger partial charge in [0.25, 0.3) is 0 Å². The summed E-state index contributed by atoms with van der Waals surface area (Å²) in [6.07, 6.45) is 4.48. The zero-order valence-electron chi connectivity index (χ0n) is 19.4. The number of ether oxygens (including phenoxy) is 1. The predicted octanol–water partition coefficient (Wildman–Crippen LogP) is 5.86. The molecule has 7 rings (SSSR count). The lowest BCUT2D eigenvalue weighted by atomic mass is 10.0. The molecule has 5 aromatic rings. The Morgan fingerprint density at radius 2 is 1.78 bits per heavy atom. The number of aliphatic imine (C=N–C) groups is 1. The maximum Gasteiger partial charge on any atom is 0.238 e. The molecule has 0 unspecified atom stereocenters. The number of halogens is 1. The van der Waals surface area contributed by atoms with Gasteiger partial charge in [-0.15, -0.1) is 0 Å². The van der Waals surface area contributed by atoms with E-state index in [0.29, 0.717) is 30.5 Å². The lowest BCUT2D eigenvalue weighted by Gasteiger charge is -2.13. The Bertz CT molecular complexity index is 1600. The van der Waals surface area contributed by atoms with Crippen molar-refractivity contribution in [3.8, 4) is 16.9 Å². The van der Waals surface area contributed by atoms with E-state index in [1.807, 2.05) is 55.0 Å². The van der Waals surface area contributed by atoms with Crippen LogP contribution in [0, 0.1) is 0 Å². The first-order valence-corrected chi connectivity index (χ1v) is 12.3. The normalized spacial score (nSPS) is 15.9. The minimum Gasteiger partial charge on any atom is -0.474 e. The fraction of sp³-hybridized carbons (Fsp3) is 0.138. The molecule has 6 nitrogen and oxygen atoms in total. The number of imidazole rings is 1. The highest BCUT2D eigenvalue weighted by Crippen LogP contribution is 2.38. The van der Waals surface area contributed by atoms with Crippen LogP contribution in [0.15, 0.2) is 96.4 Å².